The molecule has 0 radical (unpaired) electrons. The lowest BCUT2D eigenvalue weighted by molar-refractivity contribution is 0.0991. The molecule has 1 nitrogen and oxygen atoms in total. The van der Waals surface area contributed by atoms with E-state index in [0.717, 1.165) is 22.9 Å². The normalized spacial score (nSPS) is 12.5. The lowest BCUT2D eigenvalue weighted by Gasteiger charge is -2.11. The number of Topliss-reactive ketones (excluding diaryl/α,β-unsaturated/α-hetero) is 1. The van der Waals surface area contributed by atoms with Crippen molar-refractivity contribution in [3.05, 3.63) is 34.9 Å². The molecule has 82 valence electrons. The molecule has 0 aliphatic rings. The molecule has 0 amide bonds. The maximum atomic E-state index is 11.8. The molecule has 0 bridgehead atoms. The maximum Gasteiger partial charge on any atom is 0.180 e. The molecule has 3 heteroatoms. The molecule has 1 atom stereocenters. The summed E-state index contributed by atoms with van der Waals surface area (Å²) in [4.78, 5) is 11.8. The first-order valence-electron chi connectivity index (χ1n) is 4.96. The van der Waals surface area contributed by atoms with Crippen LogP contribution in [-0.2, 0) is 11.8 Å². The SMILES string of the molecule is CCc1c(CBr)cccc1C(=O)C(C)Cl. The molecule has 0 fully saturated rings. The van der Waals surface area contributed by atoms with Gasteiger partial charge in [-0.15, -0.1) is 11.6 Å². The second-order valence-corrected chi connectivity index (χ2v) is 4.63. The predicted molar refractivity (Wildman–Crippen MR) is 68.1 cm³/mol. The highest BCUT2D eigenvalue weighted by Crippen LogP contribution is 2.20. The molecule has 0 spiro atoms. The van der Waals surface area contributed by atoms with Crippen molar-refractivity contribution in [1.29, 1.82) is 0 Å². The molecule has 1 rings (SSSR count). The maximum absolute atomic E-state index is 11.8. The number of alkyl halides is 2. The summed E-state index contributed by atoms with van der Waals surface area (Å²) in [6, 6.07) is 5.79. The molecular weight excluding hydrogens is 275 g/mol. The summed E-state index contributed by atoms with van der Waals surface area (Å²) >= 11 is 9.25. The van der Waals surface area contributed by atoms with E-state index in [9.17, 15) is 4.79 Å². The molecule has 0 saturated heterocycles. The summed E-state index contributed by atoms with van der Waals surface area (Å²) in [6.45, 7) is 3.77. The molecule has 1 aromatic rings. The average molecular weight is 290 g/mol. The van der Waals surface area contributed by atoms with Crippen molar-refractivity contribution in [1.82, 2.24) is 0 Å². The van der Waals surface area contributed by atoms with Gasteiger partial charge in [-0.3, -0.25) is 4.79 Å². The summed E-state index contributed by atoms with van der Waals surface area (Å²) in [6.07, 6.45) is 0.854. The Kier molecular flexibility index (Phi) is 4.81. The second-order valence-electron chi connectivity index (χ2n) is 3.41. The van der Waals surface area contributed by atoms with Gasteiger partial charge in [0.25, 0.3) is 0 Å². The molecule has 0 aliphatic carbocycles. The number of rotatable bonds is 4. The first-order chi connectivity index (χ1) is 7.11. The summed E-state index contributed by atoms with van der Waals surface area (Å²) in [5.74, 6) is 0.0105. The van der Waals surface area contributed by atoms with Crippen LogP contribution in [-0.4, -0.2) is 11.2 Å². The summed E-state index contributed by atoms with van der Waals surface area (Å²) < 4.78 is 0. The summed E-state index contributed by atoms with van der Waals surface area (Å²) in [7, 11) is 0. The third-order valence-electron chi connectivity index (χ3n) is 2.40. The van der Waals surface area contributed by atoms with Gasteiger partial charge in [-0.25, -0.2) is 0 Å². The molecule has 0 saturated carbocycles. The fraction of sp³-hybridized carbons (Fsp3) is 0.417. The Morgan fingerprint density at radius 2 is 2.20 bits per heavy atom. The predicted octanol–water partition coefficient (Wildman–Crippen LogP) is 3.95. The van der Waals surface area contributed by atoms with E-state index < -0.39 is 5.38 Å². The molecule has 15 heavy (non-hydrogen) atoms. The second kappa shape index (κ2) is 5.66. The Balaban J connectivity index is 3.23. The van der Waals surface area contributed by atoms with Crippen LogP contribution in [0.25, 0.3) is 0 Å². The third-order valence-corrected chi connectivity index (χ3v) is 3.20. The van der Waals surface area contributed by atoms with Crippen molar-refractivity contribution >= 4 is 33.3 Å². The van der Waals surface area contributed by atoms with E-state index in [0.29, 0.717) is 0 Å². The highest BCUT2D eigenvalue weighted by molar-refractivity contribution is 9.08. The van der Waals surface area contributed by atoms with E-state index >= 15 is 0 Å². The van der Waals surface area contributed by atoms with Crippen molar-refractivity contribution in [2.75, 3.05) is 0 Å². The first-order valence-corrected chi connectivity index (χ1v) is 6.52. The monoisotopic (exact) mass is 288 g/mol. The van der Waals surface area contributed by atoms with Crippen LogP contribution in [0.3, 0.4) is 0 Å². The van der Waals surface area contributed by atoms with Crippen LogP contribution in [0.15, 0.2) is 18.2 Å². The number of carbonyl (C=O) groups is 1. The molecule has 0 heterocycles. The highest BCUT2D eigenvalue weighted by Gasteiger charge is 2.16. The molecule has 1 aromatic carbocycles. The van der Waals surface area contributed by atoms with Gasteiger partial charge >= 0.3 is 0 Å². The quantitative estimate of drug-likeness (QED) is 0.606. The van der Waals surface area contributed by atoms with Crippen LogP contribution in [0.1, 0.15) is 35.3 Å². The number of carbonyl (C=O) groups excluding carboxylic acids is 1. The van der Waals surface area contributed by atoms with Gasteiger partial charge < -0.3 is 0 Å². The first kappa shape index (κ1) is 12.7. The van der Waals surface area contributed by atoms with Gasteiger partial charge in [-0.2, -0.15) is 0 Å². The van der Waals surface area contributed by atoms with E-state index in [1.54, 1.807) is 6.92 Å². The van der Waals surface area contributed by atoms with Gasteiger partial charge in [0.2, 0.25) is 0 Å². The Hall–Kier alpha value is -0.340. The van der Waals surface area contributed by atoms with Gasteiger partial charge in [0.05, 0.1) is 5.38 Å². The Morgan fingerprint density at radius 3 is 2.67 bits per heavy atom. The van der Waals surface area contributed by atoms with E-state index in [4.69, 9.17) is 11.6 Å². The number of ketones is 1. The number of halogens is 2. The van der Waals surface area contributed by atoms with E-state index in [2.05, 4.69) is 22.9 Å². The molecular formula is C12H14BrClO. The summed E-state index contributed by atoms with van der Waals surface area (Å²) in [5.41, 5.74) is 3.03. The lowest BCUT2D eigenvalue weighted by Crippen LogP contribution is -2.13. The van der Waals surface area contributed by atoms with Gasteiger partial charge in [0.1, 0.15) is 0 Å². The van der Waals surface area contributed by atoms with Crippen LogP contribution < -0.4 is 0 Å². The zero-order chi connectivity index (χ0) is 11.4. The minimum Gasteiger partial charge on any atom is -0.293 e. The minimum atomic E-state index is -0.458. The van der Waals surface area contributed by atoms with Gasteiger partial charge in [-0.05, 0) is 24.5 Å². The van der Waals surface area contributed by atoms with Crippen molar-refractivity contribution in [3.8, 4) is 0 Å². The largest absolute Gasteiger partial charge is 0.293 e. The minimum absolute atomic E-state index is 0.0105. The van der Waals surface area contributed by atoms with Crippen molar-refractivity contribution in [2.45, 2.75) is 31.0 Å². The average Bonchev–Trinajstić information content (AvgIpc) is 2.26. The van der Waals surface area contributed by atoms with Gasteiger partial charge in [0.15, 0.2) is 5.78 Å². The van der Waals surface area contributed by atoms with E-state index in [1.807, 2.05) is 18.2 Å². The Morgan fingerprint density at radius 1 is 1.53 bits per heavy atom. The van der Waals surface area contributed by atoms with Crippen LogP contribution in [0.2, 0.25) is 0 Å². The Bertz CT molecular complexity index is 361. The van der Waals surface area contributed by atoms with E-state index in [-0.39, 0.29) is 5.78 Å². The van der Waals surface area contributed by atoms with Gasteiger partial charge in [-0.1, -0.05) is 41.1 Å². The van der Waals surface area contributed by atoms with Crippen LogP contribution in [0.5, 0.6) is 0 Å². The standard InChI is InChI=1S/C12H14BrClO/c1-3-10-9(7-13)5-4-6-11(10)12(15)8(2)14/h4-6,8H,3,7H2,1-2H3. The number of benzene rings is 1. The lowest BCUT2D eigenvalue weighted by atomic mass is 9.96. The topological polar surface area (TPSA) is 17.1 Å². The molecule has 0 aromatic heterocycles. The molecule has 1 unspecified atom stereocenters. The fourth-order valence-electron chi connectivity index (χ4n) is 1.62. The fourth-order valence-corrected chi connectivity index (χ4v) is 2.27. The van der Waals surface area contributed by atoms with Crippen molar-refractivity contribution in [2.24, 2.45) is 0 Å². The van der Waals surface area contributed by atoms with Crippen molar-refractivity contribution in [3.63, 3.8) is 0 Å². The van der Waals surface area contributed by atoms with E-state index in [1.165, 1.54) is 5.56 Å². The Labute approximate surface area is 104 Å². The van der Waals surface area contributed by atoms with Crippen LogP contribution in [0.4, 0.5) is 0 Å². The molecule has 0 N–H and O–H groups in total. The smallest absolute Gasteiger partial charge is 0.180 e. The molecule has 0 aliphatic heterocycles. The number of hydrogen-bond acceptors (Lipinski definition) is 1. The van der Waals surface area contributed by atoms with Crippen LogP contribution >= 0.6 is 27.5 Å². The van der Waals surface area contributed by atoms with Crippen LogP contribution in [0, 0.1) is 0 Å². The highest BCUT2D eigenvalue weighted by atomic mass is 79.9. The van der Waals surface area contributed by atoms with Crippen molar-refractivity contribution < 1.29 is 4.79 Å². The zero-order valence-electron chi connectivity index (χ0n) is 8.89. The third kappa shape index (κ3) is 2.82. The summed E-state index contributed by atoms with van der Waals surface area (Å²) in [5, 5.41) is 0.314. The van der Waals surface area contributed by atoms with Gasteiger partial charge in [0, 0.05) is 10.9 Å². The number of hydrogen-bond donors (Lipinski definition) is 0. The zero-order valence-corrected chi connectivity index (χ0v) is 11.2.